The van der Waals surface area contributed by atoms with Gasteiger partial charge in [-0.05, 0) is 66.9 Å². The lowest BCUT2D eigenvalue weighted by molar-refractivity contribution is 0.0730. The summed E-state index contributed by atoms with van der Waals surface area (Å²) in [6, 6.07) is 13.2. The Morgan fingerprint density at radius 1 is 0.931 bits per heavy atom. The molecule has 0 spiro atoms. The van der Waals surface area contributed by atoms with Gasteiger partial charge in [0.05, 0.1) is 10.6 Å². The van der Waals surface area contributed by atoms with Crippen molar-refractivity contribution in [2.45, 2.75) is 30.3 Å². The zero-order chi connectivity index (χ0) is 20.3. The van der Waals surface area contributed by atoms with E-state index in [0.29, 0.717) is 17.8 Å². The number of sulfonamides is 1. The summed E-state index contributed by atoms with van der Waals surface area (Å²) < 4.78 is 27.6. The molecule has 1 N–H and O–H groups in total. The third-order valence-electron chi connectivity index (χ3n) is 4.69. The van der Waals surface area contributed by atoms with Gasteiger partial charge in [0.1, 0.15) is 0 Å². The number of hydrogen-bond acceptors (Lipinski definition) is 5. The minimum atomic E-state index is -3.74. The molecule has 0 saturated heterocycles. The highest BCUT2D eigenvalue weighted by molar-refractivity contribution is 7.92. The number of benzene rings is 1. The van der Waals surface area contributed by atoms with Gasteiger partial charge in [-0.25, -0.2) is 8.42 Å². The molecule has 1 aliphatic rings. The highest BCUT2D eigenvalue weighted by Gasteiger charge is 2.33. The van der Waals surface area contributed by atoms with Gasteiger partial charge in [-0.1, -0.05) is 0 Å². The van der Waals surface area contributed by atoms with E-state index < -0.39 is 10.0 Å². The summed E-state index contributed by atoms with van der Waals surface area (Å²) in [5.41, 5.74) is 1.91. The molecule has 29 heavy (non-hydrogen) atoms. The van der Waals surface area contributed by atoms with Crippen molar-refractivity contribution in [1.29, 1.82) is 0 Å². The zero-order valence-electron chi connectivity index (χ0n) is 15.6. The van der Waals surface area contributed by atoms with Crippen molar-refractivity contribution in [3.8, 4) is 0 Å². The third kappa shape index (κ3) is 4.60. The van der Waals surface area contributed by atoms with E-state index in [1.807, 2.05) is 17.0 Å². The number of rotatable bonds is 7. The largest absolute Gasteiger partial charge is 0.331 e. The summed E-state index contributed by atoms with van der Waals surface area (Å²) in [6.45, 7) is 0.510. The first-order chi connectivity index (χ1) is 14.0. The molecule has 0 aliphatic heterocycles. The summed E-state index contributed by atoms with van der Waals surface area (Å²) in [5, 5.41) is 0. The molecule has 1 saturated carbocycles. The number of hydrogen-bond donors (Lipinski definition) is 1. The molecule has 8 heteroatoms. The number of anilines is 1. The van der Waals surface area contributed by atoms with Crippen LogP contribution in [0.5, 0.6) is 0 Å². The van der Waals surface area contributed by atoms with Crippen LogP contribution >= 0.6 is 0 Å². The Hall–Kier alpha value is -3.26. The fourth-order valence-electron chi connectivity index (χ4n) is 3.01. The molecule has 1 fully saturated rings. The summed E-state index contributed by atoms with van der Waals surface area (Å²) in [7, 11) is -3.74. The van der Waals surface area contributed by atoms with Gasteiger partial charge in [-0.3, -0.25) is 19.5 Å². The fourth-order valence-corrected chi connectivity index (χ4v) is 4.07. The molecular weight excluding hydrogens is 388 g/mol. The van der Waals surface area contributed by atoms with Gasteiger partial charge in [0, 0.05) is 42.9 Å². The van der Waals surface area contributed by atoms with Crippen LogP contribution < -0.4 is 4.72 Å². The Morgan fingerprint density at radius 2 is 1.52 bits per heavy atom. The molecule has 1 aromatic carbocycles. The van der Waals surface area contributed by atoms with E-state index in [4.69, 9.17) is 0 Å². The van der Waals surface area contributed by atoms with Crippen LogP contribution in [-0.2, 0) is 16.6 Å². The summed E-state index contributed by atoms with van der Waals surface area (Å²) in [4.78, 5) is 22.8. The lowest BCUT2D eigenvalue weighted by Crippen LogP contribution is -2.32. The minimum Gasteiger partial charge on any atom is -0.331 e. The van der Waals surface area contributed by atoms with Crippen molar-refractivity contribution in [2.24, 2.45) is 0 Å². The molecule has 2 aromatic heterocycles. The first kappa shape index (κ1) is 19.1. The van der Waals surface area contributed by atoms with Crippen molar-refractivity contribution in [3.63, 3.8) is 0 Å². The first-order valence-corrected chi connectivity index (χ1v) is 10.7. The SMILES string of the molecule is O=C(c1ccc(S(=O)(=O)Nc2ccncc2)cc1)N(Cc1ccncc1)C1CC1. The number of aromatic nitrogens is 2. The maximum absolute atomic E-state index is 13.0. The number of carbonyl (C=O) groups excluding carboxylic acids is 1. The van der Waals surface area contributed by atoms with E-state index in [0.717, 1.165) is 18.4 Å². The molecule has 1 aliphatic carbocycles. The van der Waals surface area contributed by atoms with Gasteiger partial charge in [0.15, 0.2) is 0 Å². The molecule has 0 atom stereocenters. The van der Waals surface area contributed by atoms with Crippen LogP contribution in [-0.4, -0.2) is 35.2 Å². The molecule has 0 bridgehead atoms. The highest BCUT2D eigenvalue weighted by Crippen LogP contribution is 2.30. The van der Waals surface area contributed by atoms with Crippen molar-refractivity contribution in [1.82, 2.24) is 14.9 Å². The second-order valence-electron chi connectivity index (χ2n) is 6.89. The highest BCUT2D eigenvalue weighted by atomic mass is 32.2. The van der Waals surface area contributed by atoms with Crippen molar-refractivity contribution >= 4 is 21.6 Å². The maximum atomic E-state index is 13.0. The Kier molecular flexibility index (Phi) is 5.26. The average molecular weight is 408 g/mol. The molecular formula is C21H20N4O3S. The quantitative estimate of drug-likeness (QED) is 0.649. The van der Waals surface area contributed by atoms with Crippen LogP contribution in [0.1, 0.15) is 28.8 Å². The van der Waals surface area contributed by atoms with Crippen LogP contribution in [0, 0.1) is 0 Å². The Bertz CT molecular complexity index is 1080. The second kappa shape index (κ2) is 8.00. The normalized spacial score (nSPS) is 13.7. The Morgan fingerprint density at radius 3 is 2.10 bits per heavy atom. The predicted octanol–water partition coefficient (Wildman–Crippen LogP) is 3.08. The van der Waals surface area contributed by atoms with Crippen LogP contribution in [0.2, 0.25) is 0 Å². The summed E-state index contributed by atoms with van der Waals surface area (Å²) in [6.07, 6.45) is 8.41. The van der Waals surface area contributed by atoms with E-state index in [2.05, 4.69) is 14.7 Å². The lowest BCUT2D eigenvalue weighted by atomic mass is 10.1. The monoisotopic (exact) mass is 408 g/mol. The topological polar surface area (TPSA) is 92.3 Å². The standard InChI is InChI=1S/C21H20N4O3S/c26-21(25(19-3-4-19)15-16-7-11-22-12-8-16)17-1-5-20(6-2-17)29(27,28)24-18-9-13-23-14-10-18/h1-2,5-14,19H,3-4,15H2,(H,23,24). The van der Waals surface area contributed by atoms with Gasteiger partial charge in [0.25, 0.3) is 15.9 Å². The second-order valence-corrected chi connectivity index (χ2v) is 8.57. The van der Waals surface area contributed by atoms with E-state index in [-0.39, 0.29) is 16.8 Å². The van der Waals surface area contributed by atoms with Gasteiger partial charge < -0.3 is 4.90 Å². The number of amides is 1. The van der Waals surface area contributed by atoms with Crippen molar-refractivity contribution in [2.75, 3.05) is 4.72 Å². The van der Waals surface area contributed by atoms with Crippen molar-refractivity contribution in [3.05, 3.63) is 84.4 Å². The summed E-state index contributed by atoms with van der Waals surface area (Å²) in [5.74, 6) is -0.102. The lowest BCUT2D eigenvalue weighted by Gasteiger charge is -2.22. The predicted molar refractivity (Wildman–Crippen MR) is 109 cm³/mol. The maximum Gasteiger partial charge on any atom is 0.261 e. The Balaban J connectivity index is 1.51. The van der Waals surface area contributed by atoms with E-state index in [1.54, 1.807) is 36.7 Å². The molecule has 1 amide bonds. The number of nitrogens with zero attached hydrogens (tertiary/aromatic N) is 3. The molecule has 3 aromatic rings. The number of pyridine rings is 2. The van der Waals surface area contributed by atoms with Gasteiger partial charge >= 0.3 is 0 Å². The number of carbonyl (C=O) groups is 1. The van der Waals surface area contributed by atoms with Crippen LogP contribution in [0.25, 0.3) is 0 Å². The zero-order valence-corrected chi connectivity index (χ0v) is 16.4. The molecule has 148 valence electrons. The van der Waals surface area contributed by atoms with Gasteiger partial charge in [-0.2, -0.15) is 0 Å². The first-order valence-electron chi connectivity index (χ1n) is 9.26. The molecule has 4 rings (SSSR count). The molecule has 0 unspecified atom stereocenters. The number of nitrogens with one attached hydrogen (secondary N) is 1. The third-order valence-corrected chi connectivity index (χ3v) is 6.09. The summed E-state index contributed by atoms with van der Waals surface area (Å²) >= 11 is 0. The van der Waals surface area contributed by atoms with Crippen LogP contribution in [0.15, 0.2) is 78.2 Å². The minimum absolute atomic E-state index is 0.0953. The fraction of sp³-hybridized carbons (Fsp3) is 0.190. The molecule has 2 heterocycles. The van der Waals surface area contributed by atoms with Crippen LogP contribution in [0.3, 0.4) is 0 Å². The Labute approximate surface area is 169 Å². The smallest absolute Gasteiger partial charge is 0.261 e. The molecule has 7 nitrogen and oxygen atoms in total. The van der Waals surface area contributed by atoms with Gasteiger partial charge in [-0.15, -0.1) is 0 Å². The van der Waals surface area contributed by atoms with Crippen LogP contribution in [0.4, 0.5) is 5.69 Å². The van der Waals surface area contributed by atoms with Gasteiger partial charge in [0.2, 0.25) is 0 Å². The van der Waals surface area contributed by atoms with Crippen molar-refractivity contribution < 1.29 is 13.2 Å². The van der Waals surface area contributed by atoms with E-state index in [9.17, 15) is 13.2 Å². The van der Waals surface area contributed by atoms with E-state index >= 15 is 0 Å². The average Bonchev–Trinajstić information content (AvgIpc) is 3.58. The molecule has 0 radical (unpaired) electrons. The van der Waals surface area contributed by atoms with E-state index in [1.165, 1.54) is 24.5 Å².